The van der Waals surface area contributed by atoms with Gasteiger partial charge in [-0.1, -0.05) is 27.5 Å². The van der Waals surface area contributed by atoms with Crippen LogP contribution in [0, 0.1) is 0 Å². The van der Waals surface area contributed by atoms with Crippen molar-refractivity contribution in [3.8, 4) is 0 Å². The Labute approximate surface area is 141 Å². The van der Waals surface area contributed by atoms with Crippen molar-refractivity contribution in [1.82, 2.24) is 5.32 Å². The summed E-state index contributed by atoms with van der Waals surface area (Å²) in [6.45, 7) is 3.81. The van der Waals surface area contributed by atoms with Gasteiger partial charge in [0, 0.05) is 22.3 Å². The number of halogens is 3. The van der Waals surface area contributed by atoms with E-state index in [9.17, 15) is 13.2 Å². The third kappa shape index (κ3) is 5.10. The molecule has 0 aliphatic carbocycles. The SMILES string of the molecule is COCC(C)(C)NC(=O)c1cc(Br)cc(S(=O)(=O)Cl)c1Cl. The van der Waals surface area contributed by atoms with Crippen molar-refractivity contribution in [3.05, 3.63) is 27.2 Å². The van der Waals surface area contributed by atoms with Crippen LogP contribution in [0.3, 0.4) is 0 Å². The summed E-state index contributed by atoms with van der Waals surface area (Å²) in [6.07, 6.45) is 0. The standard InChI is InChI=1S/C12H14BrCl2NO4S/c1-12(2,6-20-3)16-11(17)8-4-7(13)5-9(10(8)14)21(15,18)19/h4-5H,6H2,1-3H3,(H,16,17). The number of methoxy groups -OCH3 is 1. The molecule has 0 radical (unpaired) electrons. The zero-order chi connectivity index (χ0) is 16.4. The Bertz CT molecular complexity index is 661. The van der Waals surface area contributed by atoms with Crippen LogP contribution in [0.15, 0.2) is 21.5 Å². The van der Waals surface area contributed by atoms with Crippen LogP contribution < -0.4 is 5.32 Å². The van der Waals surface area contributed by atoms with E-state index in [0.29, 0.717) is 4.47 Å². The molecule has 1 rings (SSSR count). The van der Waals surface area contributed by atoms with Crippen LogP contribution in [-0.4, -0.2) is 33.6 Å². The number of benzene rings is 1. The highest BCUT2D eigenvalue weighted by molar-refractivity contribution is 9.10. The predicted molar refractivity (Wildman–Crippen MR) is 85.6 cm³/mol. The molecule has 0 saturated carbocycles. The highest BCUT2D eigenvalue weighted by atomic mass is 79.9. The van der Waals surface area contributed by atoms with E-state index in [1.807, 2.05) is 0 Å². The highest BCUT2D eigenvalue weighted by Crippen LogP contribution is 2.32. The summed E-state index contributed by atoms with van der Waals surface area (Å²) >= 11 is 9.12. The number of nitrogens with one attached hydrogen (secondary N) is 1. The first kappa shape index (κ1) is 18.7. The monoisotopic (exact) mass is 417 g/mol. The van der Waals surface area contributed by atoms with E-state index in [2.05, 4.69) is 21.2 Å². The molecule has 0 atom stereocenters. The Morgan fingerprint density at radius 1 is 1.43 bits per heavy atom. The maximum atomic E-state index is 12.3. The topological polar surface area (TPSA) is 72.5 Å². The number of rotatable bonds is 5. The summed E-state index contributed by atoms with van der Waals surface area (Å²) in [5.41, 5.74) is -0.633. The van der Waals surface area contributed by atoms with Gasteiger partial charge in [0.2, 0.25) is 0 Å². The average molecular weight is 419 g/mol. The molecule has 0 aliphatic heterocycles. The fourth-order valence-electron chi connectivity index (χ4n) is 1.68. The van der Waals surface area contributed by atoms with Gasteiger partial charge in [-0.05, 0) is 26.0 Å². The van der Waals surface area contributed by atoms with Crippen LogP contribution in [0.1, 0.15) is 24.2 Å². The number of carbonyl (C=O) groups excluding carboxylic acids is 1. The maximum Gasteiger partial charge on any atom is 0.262 e. The molecule has 1 aromatic carbocycles. The summed E-state index contributed by atoms with van der Waals surface area (Å²) in [7, 11) is 2.76. The number of hydrogen-bond donors (Lipinski definition) is 1. The van der Waals surface area contributed by atoms with Crippen molar-refractivity contribution in [3.63, 3.8) is 0 Å². The van der Waals surface area contributed by atoms with Crippen LogP contribution in [0.25, 0.3) is 0 Å². The molecule has 1 aromatic rings. The van der Waals surface area contributed by atoms with E-state index < -0.39 is 20.5 Å². The second kappa shape index (κ2) is 6.83. The summed E-state index contributed by atoms with van der Waals surface area (Å²) in [5, 5.41) is 2.49. The summed E-state index contributed by atoms with van der Waals surface area (Å²) < 4.78 is 28.3. The van der Waals surface area contributed by atoms with E-state index in [1.54, 1.807) is 13.8 Å². The van der Waals surface area contributed by atoms with Crippen molar-refractivity contribution in [2.45, 2.75) is 24.3 Å². The molecule has 0 heterocycles. The van der Waals surface area contributed by atoms with Gasteiger partial charge in [-0.15, -0.1) is 0 Å². The summed E-state index contributed by atoms with van der Waals surface area (Å²) in [5.74, 6) is -0.523. The first-order valence-corrected chi connectivity index (χ1v) is 9.21. The van der Waals surface area contributed by atoms with Crippen molar-refractivity contribution < 1.29 is 17.9 Å². The molecular weight excluding hydrogens is 405 g/mol. The van der Waals surface area contributed by atoms with E-state index in [1.165, 1.54) is 19.2 Å². The van der Waals surface area contributed by atoms with Gasteiger partial charge >= 0.3 is 0 Å². The lowest BCUT2D eigenvalue weighted by molar-refractivity contribution is 0.0820. The molecule has 0 aromatic heterocycles. The molecule has 118 valence electrons. The molecule has 21 heavy (non-hydrogen) atoms. The number of hydrogen-bond acceptors (Lipinski definition) is 4. The third-order valence-corrected chi connectivity index (χ3v) is 4.79. The van der Waals surface area contributed by atoms with E-state index in [0.717, 1.165) is 0 Å². The van der Waals surface area contributed by atoms with Crippen LogP contribution in [-0.2, 0) is 13.8 Å². The predicted octanol–water partition coefficient (Wildman–Crippen LogP) is 3.18. The van der Waals surface area contributed by atoms with Crippen molar-refractivity contribution in [2.75, 3.05) is 13.7 Å². The Morgan fingerprint density at radius 3 is 2.48 bits per heavy atom. The Kier molecular flexibility index (Phi) is 6.08. The van der Waals surface area contributed by atoms with Crippen molar-refractivity contribution in [2.24, 2.45) is 0 Å². The number of carbonyl (C=O) groups is 1. The van der Waals surface area contributed by atoms with Gasteiger partial charge in [0.05, 0.1) is 22.7 Å². The van der Waals surface area contributed by atoms with Gasteiger partial charge in [0.1, 0.15) is 4.90 Å². The molecular formula is C12H14BrCl2NO4S. The van der Waals surface area contributed by atoms with Gasteiger partial charge < -0.3 is 10.1 Å². The lowest BCUT2D eigenvalue weighted by atomic mass is 10.1. The van der Waals surface area contributed by atoms with Crippen LogP contribution in [0.4, 0.5) is 0 Å². The molecule has 0 saturated heterocycles. The molecule has 0 fully saturated rings. The zero-order valence-corrected chi connectivity index (χ0v) is 15.5. The molecule has 1 amide bonds. The molecule has 5 nitrogen and oxygen atoms in total. The summed E-state index contributed by atoms with van der Waals surface area (Å²) in [6, 6.07) is 2.66. The molecule has 1 N–H and O–H groups in total. The van der Waals surface area contributed by atoms with E-state index in [4.69, 9.17) is 27.0 Å². The third-order valence-electron chi connectivity index (χ3n) is 2.47. The number of amides is 1. The lowest BCUT2D eigenvalue weighted by Gasteiger charge is -2.25. The first-order valence-electron chi connectivity index (χ1n) is 5.73. The largest absolute Gasteiger partial charge is 0.382 e. The Hall–Kier alpha value is -0.340. The zero-order valence-electron chi connectivity index (χ0n) is 11.5. The van der Waals surface area contributed by atoms with Gasteiger partial charge in [-0.3, -0.25) is 4.79 Å². The van der Waals surface area contributed by atoms with Crippen molar-refractivity contribution in [1.29, 1.82) is 0 Å². The molecule has 0 bridgehead atoms. The van der Waals surface area contributed by atoms with E-state index >= 15 is 0 Å². The minimum Gasteiger partial charge on any atom is -0.382 e. The van der Waals surface area contributed by atoms with Crippen LogP contribution in [0.5, 0.6) is 0 Å². The second-order valence-electron chi connectivity index (χ2n) is 4.97. The lowest BCUT2D eigenvalue weighted by Crippen LogP contribution is -2.46. The Balaban J connectivity index is 3.26. The van der Waals surface area contributed by atoms with Crippen molar-refractivity contribution >= 4 is 53.2 Å². The molecule has 0 unspecified atom stereocenters. The molecule has 9 heteroatoms. The fourth-order valence-corrected chi connectivity index (χ4v) is 3.86. The quantitative estimate of drug-likeness (QED) is 0.745. The smallest absolute Gasteiger partial charge is 0.262 e. The average Bonchev–Trinajstić information content (AvgIpc) is 2.29. The molecule has 0 spiro atoms. The van der Waals surface area contributed by atoms with Gasteiger partial charge in [0.25, 0.3) is 15.0 Å². The normalized spacial score (nSPS) is 12.3. The highest BCUT2D eigenvalue weighted by Gasteiger charge is 2.26. The first-order chi connectivity index (χ1) is 9.48. The van der Waals surface area contributed by atoms with Gasteiger partial charge in [0.15, 0.2) is 0 Å². The van der Waals surface area contributed by atoms with E-state index in [-0.39, 0.29) is 22.1 Å². The number of ether oxygens (including phenoxy) is 1. The Morgan fingerprint density at radius 2 is 2.00 bits per heavy atom. The van der Waals surface area contributed by atoms with Crippen LogP contribution >= 0.6 is 38.2 Å². The van der Waals surface area contributed by atoms with Crippen LogP contribution in [0.2, 0.25) is 5.02 Å². The molecule has 0 aliphatic rings. The fraction of sp³-hybridized carbons (Fsp3) is 0.417. The second-order valence-corrected chi connectivity index (χ2v) is 8.80. The minimum atomic E-state index is -4.06. The van der Waals surface area contributed by atoms with Gasteiger partial charge in [-0.2, -0.15) is 0 Å². The summed E-state index contributed by atoms with van der Waals surface area (Å²) in [4.78, 5) is 12.0. The minimum absolute atomic E-state index is 0.00875. The van der Waals surface area contributed by atoms with Gasteiger partial charge in [-0.25, -0.2) is 8.42 Å². The maximum absolute atomic E-state index is 12.3.